The summed E-state index contributed by atoms with van der Waals surface area (Å²) in [5.41, 5.74) is 5.39. The first kappa shape index (κ1) is 14.8. The van der Waals surface area contributed by atoms with E-state index in [-0.39, 0.29) is 0 Å². The van der Waals surface area contributed by atoms with Crippen molar-refractivity contribution in [3.05, 3.63) is 0 Å². The minimum Gasteiger partial charge on any atom is -0.393 e. The van der Waals surface area contributed by atoms with Gasteiger partial charge in [-0.25, -0.2) is 0 Å². The Bertz CT molecular complexity index is 179. The molecule has 15 heavy (non-hydrogen) atoms. The van der Waals surface area contributed by atoms with E-state index >= 15 is 0 Å². The van der Waals surface area contributed by atoms with Crippen molar-refractivity contribution in [2.75, 3.05) is 33.9 Å². The summed E-state index contributed by atoms with van der Waals surface area (Å²) in [4.78, 5) is 2.67. The minimum absolute atomic E-state index is 0.386. The smallest absolute Gasteiger partial charge is 0.0899 e. The van der Waals surface area contributed by atoms with Gasteiger partial charge < -0.3 is 20.5 Å². The van der Waals surface area contributed by atoms with Gasteiger partial charge in [-0.05, 0) is 32.9 Å². The fourth-order valence-electron chi connectivity index (χ4n) is 1.38. The third-order valence-corrected chi connectivity index (χ3v) is 2.30. The fourth-order valence-corrected chi connectivity index (χ4v) is 1.52. The lowest BCUT2D eigenvalue weighted by atomic mass is 10.2. The zero-order chi connectivity index (χ0) is 11.7. The molecule has 0 spiro atoms. The zero-order valence-electron chi connectivity index (χ0n) is 9.61. The number of methoxy groups -OCH3 is 1. The van der Waals surface area contributed by atoms with Gasteiger partial charge in [-0.1, -0.05) is 12.2 Å². The van der Waals surface area contributed by atoms with Gasteiger partial charge in [0.2, 0.25) is 0 Å². The van der Waals surface area contributed by atoms with Gasteiger partial charge in [0, 0.05) is 13.7 Å². The van der Waals surface area contributed by atoms with Gasteiger partial charge in [-0.2, -0.15) is 0 Å². The fraction of sp³-hybridized carbons (Fsp3) is 0.900. The highest BCUT2D eigenvalue weighted by atomic mass is 32.1. The van der Waals surface area contributed by atoms with Crippen LogP contribution in [0.5, 0.6) is 0 Å². The molecule has 4 nitrogen and oxygen atoms in total. The molecule has 0 amide bonds. The van der Waals surface area contributed by atoms with E-state index in [4.69, 9.17) is 22.7 Å². The van der Waals surface area contributed by atoms with Crippen LogP contribution in [-0.2, 0) is 4.74 Å². The van der Waals surface area contributed by atoms with Crippen LogP contribution in [0.15, 0.2) is 0 Å². The first-order valence-electron chi connectivity index (χ1n) is 5.20. The van der Waals surface area contributed by atoms with Gasteiger partial charge in [-0.3, -0.25) is 0 Å². The predicted molar refractivity (Wildman–Crippen MR) is 66.0 cm³/mol. The van der Waals surface area contributed by atoms with Gasteiger partial charge in [0.1, 0.15) is 0 Å². The van der Waals surface area contributed by atoms with Crippen molar-refractivity contribution in [1.29, 1.82) is 0 Å². The maximum absolute atomic E-state index is 9.46. The Balaban J connectivity index is 3.40. The Morgan fingerprint density at radius 1 is 1.53 bits per heavy atom. The number of aliphatic hydroxyl groups excluding tert-OH is 1. The van der Waals surface area contributed by atoms with Crippen LogP contribution < -0.4 is 5.73 Å². The Hall–Kier alpha value is -0.230. The molecule has 0 fully saturated rings. The van der Waals surface area contributed by atoms with E-state index < -0.39 is 6.10 Å². The Kier molecular flexibility index (Phi) is 8.89. The highest BCUT2D eigenvalue weighted by Crippen LogP contribution is 1.98. The van der Waals surface area contributed by atoms with Crippen LogP contribution in [0, 0.1) is 0 Å². The molecule has 0 aliphatic carbocycles. The summed E-state index contributed by atoms with van der Waals surface area (Å²) in [7, 11) is 3.57. The molecule has 3 N–H and O–H groups in total. The highest BCUT2D eigenvalue weighted by Gasteiger charge is 2.06. The number of nitrogens with two attached hydrogens (primary N) is 1. The van der Waals surface area contributed by atoms with Gasteiger partial charge in [0.15, 0.2) is 0 Å². The number of hydrogen-bond donors (Lipinski definition) is 2. The van der Waals surface area contributed by atoms with Crippen molar-refractivity contribution in [2.45, 2.75) is 25.4 Å². The summed E-state index contributed by atoms with van der Waals surface area (Å²) in [6.45, 7) is 1.97. The Morgan fingerprint density at radius 2 is 2.20 bits per heavy atom. The number of unbranched alkanes of at least 4 members (excludes halogenated alkanes) is 1. The minimum atomic E-state index is -0.407. The average molecular weight is 234 g/mol. The second-order valence-corrected chi connectivity index (χ2v) is 4.32. The second-order valence-electron chi connectivity index (χ2n) is 3.79. The molecule has 5 heteroatoms. The molecule has 1 unspecified atom stereocenters. The molecule has 0 aromatic heterocycles. The number of ether oxygens (including phenoxy) is 1. The molecule has 0 radical (unpaired) electrons. The number of hydrogen-bond acceptors (Lipinski definition) is 4. The summed E-state index contributed by atoms with van der Waals surface area (Å²) in [6, 6.07) is 0. The van der Waals surface area contributed by atoms with Crippen LogP contribution in [0.25, 0.3) is 0 Å². The topological polar surface area (TPSA) is 58.7 Å². The van der Waals surface area contributed by atoms with Crippen molar-refractivity contribution in [1.82, 2.24) is 4.90 Å². The number of thiocarbonyl (C=S) groups is 1. The summed E-state index contributed by atoms with van der Waals surface area (Å²) in [5, 5.41) is 9.46. The molecule has 1 atom stereocenters. The average Bonchev–Trinajstić information content (AvgIpc) is 2.12. The zero-order valence-corrected chi connectivity index (χ0v) is 10.4. The van der Waals surface area contributed by atoms with Crippen molar-refractivity contribution >= 4 is 17.2 Å². The molecule has 90 valence electrons. The molecule has 0 bridgehead atoms. The third-order valence-electron chi connectivity index (χ3n) is 2.09. The molecule has 0 saturated carbocycles. The van der Waals surface area contributed by atoms with Crippen molar-refractivity contribution in [3.8, 4) is 0 Å². The molecular formula is C10H22N2O2S. The molecule has 0 aliphatic heterocycles. The first-order valence-corrected chi connectivity index (χ1v) is 5.61. The second kappa shape index (κ2) is 9.03. The molecular weight excluding hydrogens is 212 g/mol. The number of rotatable bonds is 9. The monoisotopic (exact) mass is 234 g/mol. The van der Waals surface area contributed by atoms with Crippen LogP contribution in [0.2, 0.25) is 0 Å². The summed E-state index contributed by atoms with van der Waals surface area (Å²) in [6.07, 6.45) is 2.47. The molecule has 0 saturated heterocycles. The van der Waals surface area contributed by atoms with Crippen LogP contribution in [-0.4, -0.2) is 55.0 Å². The first-order chi connectivity index (χ1) is 7.06. The number of nitrogens with zero attached hydrogens (tertiary/aromatic N) is 1. The predicted octanol–water partition coefficient (Wildman–Crippen LogP) is 0.382. The Labute approximate surface area is 97.4 Å². The van der Waals surface area contributed by atoms with Gasteiger partial charge in [0.05, 0.1) is 17.7 Å². The van der Waals surface area contributed by atoms with E-state index in [1.54, 1.807) is 7.11 Å². The van der Waals surface area contributed by atoms with E-state index in [2.05, 4.69) is 4.90 Å². The molecule has 0 heterocycles. The van der Waals surface area contributed by atoms with E-state index in [0.717, 1.165) is 25.8 Å². The summed E-state index contributed by atoms with van der Waals surface area (Å²) < 4.78 is 4.85. The maximum Gasteiger partial charge on any atom is 0.0899 e. The SMILES string of the molecule is COCC(O)CN(C)CCCCC(N)=S. The van der Waals surface area contributed by atoms with E-state index in [1.807, 2.05) is 7.05 Å². The van der Waals surface area contributed by atoms with Crippen LogP contribution in [0.1, 0.15) is 19.3 Å². The number of aliphatic hydroxyl groups is 1. The van der Waals surface area contributed by atoms with Crippen LogP contribution >= 0.6 is 12.2 Å². The van der Waals surface area contributed by atoms with Crippen molar-refractivity contribution < 1.29 is 9.84 Å². The molecule has 0 rings (SSSR count). The van der Waals surface area contributed by atoms with E-state index in [1.165, 1.54) is 0 Å². The normalized spacial score (nSPS) is 13.1. The van der Waals surface area contributed by atoms with Crippen molar-refractivity contribution in [3.63, 3.8) is 0 Å². The maximum atomic E-state index is 9.46. The summed E-state index contributed by atoms with van der Waals surface area (Å²) >= 11 is 4.79. The van der Waals surface area contributed by atoms with Crippen LogP contribution in [0.3, 0.4) is 0 Å². The van der Waals surface area contributed by atoms with Gasteiger partial charge >= 0.3 is 0 Å². The highest BCUT2D eigenvalue weighted by molar-refractivity contribution is 7.80. The van der Waals surface area contributed by atoms with Crippen molar-refractivity contribution in [2.24, 2.45) is 5.73 Å². The van der Waals surface area contributed by atoms with E-state index in [9.17, 15) is 5.11 Å². The largest absolute Gasteiger partial charge is 0.393 e. The third kappa shape index (κ3) is 10.1. The Morgan fingerprint density at radius 3 is 2.73 bits per heavy atom. The molecule has 0 aliphatic rings. The standard InChI is InChI=1S/C10H22N2O2S/c1-12(7-9(13)8-14-2)6-4-3-5-10(11)15/h9,13H,3-8H2,1-2H3,(H2,11,15). The van der Waals surface area contributed by atoms with Gasteiger partial charge in [0.25, 0.3) is 0 Å². The molecule has 0 aromatic rings. The van der Waals surface area contributed by atoms with Gasteiger partial charge in [-0.15, -0.1) is 0 Å². The quantitative estimate of drug-likeness (QED) is 0.446. The number of likely N-dealkylation sites (N-methyl/N-ethyl adjacent to an activating group) is 1. The van der Waals surface area contributed by atoms with Crippen LogP contribution in [0.4, 0.5) is 0 Å². The lowest BCUT2D eigenvalue weighted by Gasteiger charge is -2.19. The summed E-state index contributed by atoms with van der Waals surface area (Å²) in [5.74, 6) is 0. The van der Waals surface area contributed by atoms with E-state index in [0.29, 0.717) is 18.1 Å². The lowest BCUT2D eigenvalue weighted by Crippen LogP contribution is -2.32. The molecule has 0 aromatic carbocycles. The lowest BCUT2D eigenvalue weighted by molar-refractivity contribution is 0.0430.